The molecule has 2 unspecified atom stereocenters. The van der Waals surface area contributed by atoms with Crippen molar-refractivity contribution in [2.75, 3.05) is 10.7 Å². The summed E-state index contributed by atoms with van der Waals surface area (Å²) in [7, 11) is 0. The van der Waals surface area contributed by atoms with Crippen LogP contribution in [0.25, 0.3) is 0 Å². The number of thioether (sulfide) groups is 1. The lowest BCUT2D eigenvalue weighted by Gasteiger charge is -2.32. The molecule has 2 aromatic carbocycles. The highest BCUT2D eigenvalue weighted by Crippen LogP contribution is 2.37. The van der Waals surface area contributed by atoms with E-state index in [1.807, 2.05) is 66.2 Å². The molecule has 0 spiro atoms. The summed E-state index contributed by atoms with van der Waals surface area (Å²) in [5, 5.41) is 11.8. The Morgan fingerprint density at radius 1 is 1.15 bits per heavy atom. The summed E-state index contributed by atoms with van der Waals surface area (Å²) < 4.78 is 1.85. The third-order valence-electron chi connectivity index (χ3n) is 4.67. The Kier molecular flexibility index (Phi) is 4.85. The normalized spacial score (nSPS) is 18.4. The predicted octanol–water partition coefficient (Wildman–Crippen LogP) is 3.55. The molecule has 27 heavy (non-hydrogen) atoms. The molecule has 2 heterocycles. The molecule has 1 amide bonds. The van der Waals surface area contributed by atoms with Crippen LogP contribution >= 0.6 is 11.8 Å². The third kappa shape index (κ3) is 3.42. The summed E-state index contributed by atoms with van der Waals surface area (Å²) >= 11 is 1.44. The van der Waals surface area contributed by atoms with E-state index in [0.717, 1.165) is 29.1 Å². The van der Waals surface area contributed by atoms with Crippen LogP contribution in [0.1, 0.15) is 29.9 Å². The highest BCUT2D eigenvalue weighted by atomic mass is 32.2. The molecule has 3 aromatic rings. The zero-order valence-corrected chi connectivity index (χ0v) is 16.0. The molecular weight excluding hydrogens is 358 g/mol. The Morgan fingerprint density at radius 3 is 2.67 bits per heavy atom. The summed E-state index contributed by atoms with van der Waals surface area (Å²) in [5.41, 5.74) is 6.45. The maximum atomic E-state index is 13.2. The molecule has 138 valence electrons. The molecule has 1 aromatic heterocycles. The zero-order valence-electron chi connectivity index (χ0n) is 15.2. The molecule has 0 bridgehead atoms. The average molecular weight is 379 g/mol. The van der Waals surface area contributed by atoms with Crippen molar-refractivity contribution in [3.05, 3.63) is 71.5 Å². The fourth-order valence-corrected chi connectivity index (χ4v) is 4.35. The Morgan fingerprint density at radius 2 is 1.89 bits per heavy atom. The van der Waals surface area contributed by atoms with Crippen molar-refractivity contribution < 1.29 is 4.79 Å². The van der Waals surface area contributed by atoms with Gasteiger partial charge in [-0.15, -0.1) is 10.2 Å². The number of hydrogen-bond acceptors (Lipinski definition) is 5. The largest absolute Gasteiger partial charge is 0.325 e. The van der Waals surface area contributed by atoms with Crippen LogP contribution in [0.4, 0.5) is 5.69 Å². The van der Waals surface area contributed by atoms with Gasteiger partial charge in [0.1, 0.15) is 11.1 Å². The molecule has 2 N–H and O–H groups in total. The predicted molar refractivity (Wildman–Crippen MR) is 107 cm³/mol. The van der Waals surface area contributed by atoms with Crippen LogP contribution < -0.4 is 10.7 Å². The lowest BCUT2D eigenvalue weighted by molar-refractivity contribution is -0.116. The Balaban J connectivity index is 1.66. The lowest BCUT2D eigenvalue weighted by Crippen LogP contribution is -2.41. The second kappa shape index (κ2) is 7.44. The van der Waals surface area contributed by atoms with Crippen LogP contribution in [-0.2, 0) is 11.2 Å². The van der Waals surface area contributed by atoms with Gasteiger partial charge < -0.3 is 10.7 Å². The molecule has 0 aliphatic carbocycles. The summed E-state index contributed by atoms with van der Waals surface area (Å²) in [5.74, 6) is 0.725. The number of hydrogen-bond donors (Lipinski definition) is 2. The molecule has 0 radical (unpaired) electrons. The van der Waals surface area contributed by atoms with Crippen LogP contribution in [0.15, 0.2) is 59.8 Å². The average Bonchev–Trinajstić information content (AvgIpc) is 3.08. The van der Waals surface area contributed by atoms with Gasteiger partial charge in [0.25, 0.3) is 0 Å². The number of nitrogens with zero attached hydrogens (tertiary/aromatic N) is 3. The minimum Gasteiger partial charge on any atom is -0.325 e. The van der Waals surface area contributed by atoms with E-state index in [1.165, 1.54) is 11.8 Å². The summed E-state index contributed by atoms with van der Waals surface area (Å²) in [6.45, 7) is 3.98. The molecular formula is C20H21N5OS. The number of carbonyl (C=O) groups excluding carboxylic acids is 1. The summed E-state index contributed by atoms with van der Waals surface area (Å²) in [6.07, 6.45) is 0.863. The molecule has 2 atom stereocenters. The highest BCUT2D eigenvalue weighted by molar-refractivity contribution is 8.00. The van der Waals surface area contributed by atoms with E-state index < -0.39 is 0 Å². The van der Waals surface area contributed by atoms with E-state index in [9.17, 15) is 4.79 Å². The number of amides is 1. The number of carbonyl (C=O) groups is 1. The summed E-state index contributed by atoms with van der Waals surface area (Å²) in [6, 6.07) is 17.7. The van der Waals surface area contributed by atoms with Crippen molar-refractivity contribution in [2.24, 2.45) is 0 Å². The van der Waals surface area contributed by atoms with E-state index in [2.05, 4.69) is 27.9 Å². The first-order valence-electron chi connectivity index (χ1n) is 8.96. The number of anilines is 1. The van der Waals surface area contributed by atoms with Crippen molar-refractivity contribution in [1.29, 1.82) is 0 Å². The second-order valence-corrected chi connectivity index (χ2v) is 7.53. The van der Waals surface area contributed by atoms with E-state index in [4.69, 9.17) is 0 Å². The Bertz CT molecular complexity index is 956. The van der Waals surface area contributed by atoms with Gasteiger partial charge in [-0.25, -0.2) is 4.68 Å². The van der Waals surface area contributed by atoms with Gasteiger partial charge in [0.15, 0.2) is 0 Å². The molecule has 0 saturated heterocycles. The van der Waals surface area contributed by atoms with Crippen molar-refractivity contribution >= 4 is 23.4 Å². The highest BCUT2D eigenvalue weighted by Gasteiger charge is 2.37. The van der Waals surface area contributed by atoms with Gasteiger partial charge in [0.2, 0.25) is 11.1 Å². The molecule has 6 nitrogen and oxygen atoms in total. The van der Waals surface area contributed by atoms with E-state index in [-0.39, 0.29) is 17.2 Å². The Hall–Kier alpha value is -2.80. The topological polar surface area (TPSA) is 71.8 Å². The molecule has 4 rings (SSSR count). The minimum absolute atomic E-state index is 0.0471. The molecule has 7 heteroatoms. The van der Waals surface area contributed by atoms with Gasteiger partial charge in [-0.3, -0.25) is 4.79 Å². The standard InChI is InChI=1S/C20H21N5OS/c1-3-14-9-7-8-12-16(14)21-19(26)18-17(15-10-5-4-6-11-15)24-25-13(2)22-23-20(25)27-18/h4-12,17-18,24H,3H2,1-2H3,(H,21,26). The van der Waals surface area contributed by atoms with Gasteiger partial charge in [0, 0.05) is 5.69 Å². The van der Waals surface area contributed by atoms with Crippen LogP contribution in [0.2, 0.25) is 0 Å². The van der Waals surface area contributed by atoms with Crippen molar-refractivity contribution in [3.63, 3.8) is 0 Å². The van der Waals surface area contributed by atoms with Crippen LogP contribution in [0.3, 0.4) is 0 Å². The molecule has 1 aliphatic heterocycles. The van der Waals surface area contributed by atoms with Gasteiger partial charge in [-0.2, -0.15) is 0 Å². The van der Waals surface area contributed by atoms with Crippen LogP contribution in [0, 0.1) is 6.92 Å². The third-order valence-corrected chi connectivity index (χ3v) is 5.89. The van der Waals surface area contributed by atoms with Gasteiger partial charge in [0.05, 0.1) is 6.04 Å². The first-order valence-corrected chi connectivity index (χ1v) is 9.84. The quantitative estimate of drug-likeness (QED) is 0.725. The van der Waals surface area contributed by atoms with E-state index in [1.54, 1.807) is 0 Å². The monoisotopic (exact) mass is 379 g/mol. The number of nitrogens with one attached hydrogen (secondary N) is 2. The zero-order chi connectivity index (χ0) is 18.8. The minimum atomic E-state index is -0.367. The smallest absolute Gasteiger partial charge is 0.240 e. The van der Waals surface area contributed by atoms with Crippen molar-refractivity contribution in [2.45, 2.75) is 36.7 Å². The number of aromatic nitrogens is 3. The Labute approximate surface area is 162 Å². The maximum absolute atomic E-state index is 13.2. The molecule has 0 saturated carbocycles. The van der Waals surface area contributed by atoms with Crippen molar-refractivity contribution in [1.82, 2.24) is 14.9 Å². The number of para-hydroxylation sites is 1. The SMILES string of the molecule is CCc1ccccc1NC(=O)C1Sc2nnc(C)n2NC1c1ccccc1. The van der Waals surface area contributed by atoms with E-state index >= 15 is 0 Å². The number of benzene rings is 2. The van der Waals surface area contributed by atoms with Gasteiger partial charge >= 0.3 is 0 Å². The fraction of sp³-hybridized carbons (Fsp3) is 0.250. The molecule has 0 fully saturated rings. The van der Waals surface area contributed by atoms with Crippen LogP contribution in [0.5, 0.6) is 0 Å². The molecule has 1 aliphatic rings. The van der Waals surface area contributed by atoms with Gasteiger partial charge in [-0.05, 0) is 30.5 Å². The first kappa shape index (κ1) is 17.6. The first-order chi connectivity index (χ1) is 13.2. The van der Waals surface area contributed by atoms with E-state index in [0.29, 0.717) is 5.16 Å². The second-order valence-electron chi connectivity index (χ2n) is 6.42. The van der Waals surface area contributed by atoms with Gasteiger partial charge in [-0.1, -0.05) is 67.2 Å². The van der Waals surface area contributed by atoms with Crippen molar-refractivity contribution in [3.8, 4) is 0 Å². The maximum Gasteiger partial charge on any atom is 0.240 e. The van der Waals surface area contributed by atoms with Crippen LogP contribution in [-0.4, -0.2) is 26.0 Å². The number of rotatable bonds is 4. The lowest BCUT2D eigenvalue weighted by atomic mass is 10.0. The summed E-state index contributed by atoms with van der Waals surface area (Å²) in [4.78, 5) is 13.2. The number of fused-ring (bicyclic) bond motifs is 1. The number of aryl methyl sites for hydroxylation is 2. The fourth-order valence-electron chi connectivity index (χ4n) is 3.23.